The highest BCUT2D eigenvalue weighted by Gasteiger charge is 2.12. The number of rotatable bonds is 4. The number of phenolic OH excluding ortho intramolecular Hbond substituents is 1. The maximum Gasteiger partial charge on any atom is 0.270 e. The molecule has 1 amide bonds. The minimum atomic E-state index is -0.189. The van der Waals surface area contributed by atoms with Crippen LogP contribution < -0.4 is 5.43 Å². The first-order valence-electron chi connectivity index (χ1n) is 8.03. The Morgan fingerprint density at radius 2 is 1.88 bits per heavy atom. The number of carbonyl (C=O) groups excluding carboxylic acids is 1. The monoisotopic (exact) mass is 367 g/mol. The maximum absolute atomic E-state index is 12.4. The smallest absolute Gasteiger partial charge is 0.270 e. The summed E-state index contributed by atoms with van der Waals surface area (Å²) < 4.78 is 1.72. The Morgan fingerprint density at radius 3 is 2.58 bits per heavy atom. The largest absolute Gasteiger partial charge is 0.506 e. The number of hydrogen-bond donors (Lipinski definition) is 2. The van der Waals surface area contributed by atoms with Gasteiger partial charge in [-0.25, -0.2) is 0 Å². The standard InChI is InChI=1S/C20H18ClN3O2/c1-13-10-16(12-22-18-9-8-17(21)11-19(18)25)14(2)24(13)23-20(26)15-6-4-3-5-7-15/h3-12,25H,1-2H3,(H,23,26). The molecule has 0 spiro atoms. The molecule has 0 aliphatic rings. The van der Waals surface area contributed by atoms with Gasteiger partial charge in [0.1, 0.15) is 11.4 Å². The van der Waals surface area contributed by atoms with Gasteiger partial charge < -0.3 is 5.11 Å². The number of amides is 1. The molecule has 6 heteroatoms. The Hall–Kier alpha value is -3.05. The quantitative estimate of drug-likeness (QED) is 0.662. The molecule has 5 nitrogen and oxygen atoms in total. The number of phenols is 1. The van der Waals surface area contributed by atoms with E-state index in [1.807, 2.05) is 38.1 Å². The van der Waals surface area contributed by atoms with E-state index in [2.05, 4.69) is 10.4 Å². The van der Waals surface area contributed by atoms with Crippen molar-refractivity contribution in [3.63, 3.8) is 0 Å². The number of halogens is 1. The van der Waals surface area contributed by atoms with E-state index in [0.29, 0.717) is 16.3 Å². The van der Waals surface area contributed by atoms with Crippen LogP contribution in [0, 0.1) is 13.8 Å². The second kappa shape index (κ2) is 7.45. The number of aromatic nitrogens is 1. The molecule has 0 atom stereocenters. The first kappa shape index (κ1) is 17.8. The zero-order chi connectivity index (χ0) is 18.7. The second-order valence-corrected chi connectivity index (χ2v) is 6.30. The molecule has 1 aromatic heterocycles. The van der Waals surface area contributed by atoms with E-state index in [9.17, 15) is 9.90 Å². The lowest BCUT2D eigenvalue weighted by Crippen LogP contribution is -2.24. The van der Waals surface area contributed by atoms with Crippen LogP contribution in [-0.4, -0.2) is 21.9 Å². The number of aryl methyl sites for hydroxylation is 1. The number of aromatic hydroxyl groups is 1. The fraction of sp³-hybridized carbons (Fsp3) is 0.100. The first-order valence-corrected chi connectivity index (χ1v) is 8.41. The Kier molecular flexibility index (Phi) is 5.09. The summed E-state index contributed by atoms with van der Waals surface area (Å²) >= 11 is 5.83. The molecule has 0 saturated carbocycles. The van der Waals surface area contributed by atoms with Gasteiger partial charge in [0, 0.05) is 39.8 Å². The Balaban J connectivity index is 1.84. The predicted molar refractivity (Wildman–Crippen MR) is 104 cm³/mol. The summed E-state index contributed by atoms with van der Waals surface area (Å²) in [6.07, 6.45) is 1.65. The number of benzene rings is 2. The number of aliphatic imine (C=N–C) groups is 1. The molecule has 132 valence electrons. The third-order valence-electron chi connectivity index (χ3n) is 4.00. The lowest BCUT2D eigenvalue weighted by atomic mass is 10.2. The van der Waals surface area contributed by atoms with Gasteiger partial charge in [0.25, 0.3) is 5.91 Å². The molecule has 0 radical (unpaired) electrons. The number of nitrogens with one attached hydrogen (secondary N) is 1. The summed E-state index contributed by atoms with van der Waals surface area (Å²) in [6.45, 7) is 3.79. The molecule has 0 aliphatic carbocycles. The van der Waals surface area contributed by atoms with Gasteiger partial charge in [0.05, 0.1) is 0 Å². The number of carbonyl (C=O) groups is 1. The molecule has 1 heterocycles. The molecular weight excluding hydrogens is 350 g/mol. The van der Waals surface area contributed by atoms with Crippen molar-refractivity contribution in [3.8, 4) is 5.75 Å². The molecule has 0 aliphatic heterocycles. The predicted octanol–water partition coefficient (Wildman–Crippen LogP) is 4.60. The van der Waals surface area contributed by atoms with Crippen LogP contribution in [0.3, 0.4) is 0 Å². The second-order valence-electron chi connectivity index (χ2n) is 5.86. The van der Waals surface area contributed by atoms with Crippen molar-refractivity contribution in [1.82, 2.24) is 4.68 Å². The van der Waals surface area contributed by atoms with Crippen molar-refractivity contribution >= 4 is 29.4 Å². The normalized spacial score (nSPS) is 11.0. The SMILES string of the molecule is Cc1cc(C=Nc2ccc(Cl)cc2O)c(C)n1NC(=O)c1ccccc1. The zero-order valence-electron chi connectivity index (χ0n) is 14.4. The van der Waals surface area contributed by atoms with Crippen molar-refractivity contribution in [2.24, 2.45) is 4.99 Å². The third kappa shape index (κ3) is 3.78. The Labute approximate surface area is 156 Å². The van der Waals surface area contributed by atoms with Crippen LogP contribution in [-0.2, 0) is 0 Å². The molecule has 2 N–H and O–H groups in total. The average molecular weight is 368 g/mol. The molecule has 3 rings (SSSR count). The van der Waals surface area contributed by atoms with Crippen LogP contribution in [0.25, 0.3) is 0 Å². The van der Waals surface area contributed by atoms with Crippen molar-refractivity contribution in [1.29, 1.82) is 0 Å². The lowest BCUT2D eigenvalue weighted by molar-refractivity contribution is 0.101. The molecule has 0 saturated heterocycles. The van der Waals surface area contributed by atoms with Crippen LogP contribution in [0.5, 0.6) is 5.75 Å². The van der Waals surface area contributed by atoms with E-state index < -0.39 is 0 Å². The number of nitrogens with zero attached hydrogens (tertiary/aromatic N) is 2. The highest BCUT2D eigenvalue weighted by Crippen LogP contribution is 2.29. The van der Waals surface area contributed by atoms with Gasteiger partial charge >= 0.3 is 0 Å². The van der Waals surface area contributed by atoms with Gasteiger partial charge in [-0.1, -0.05) is 29.8 Å². The summed E-state index contributed by atoms with van der Waals surface area (Å²) in [5, 5.41) is 10.3. The van der Waals surface area contributed by atoms with Crippen molar-refractivity contribution in [2.45, 2.75) is 13.8 Å². The van der Waals surface area contributed by atoms with Crippen LogP contribution in [0.15, 0.2) is 59.6 Å². The van der Waals surface area contributed by atoms with Crippen LogP contribution in [0.2, 0.25) is 5.02 Å². The molecular formula is C20H18ClN3O2. The van der Waals surface area contributed by atoms with Gasteiger partial charge in [-0.2, -0.15) is 0 Å². The van der Waals surface area contributed by atoms with E-state index >= 15 is 0 Å². The fourth-order valence-electron chi connectivity index (χ4n) is 2.59. The highest BCUT2D eigenvalue weighted by molar-refractivity contribution is 6.30. The molecule has 0 bridgehead atoms. The Bertz CT molecular complexity index is 978. The van der Waals surface area contributed by atoms with Crippen molar-refractivity contribution < 1.29 is 9.90 Å². The van der Waals surface area contributed by atoms with Gasteiger partial charge in [0.2, 0.25) is 0 Å². The lowest BCUT2D eigenvalue weighted by Gasteiger charge is -2.11. The summed E-state index contributed by atoms with van der Waals surface area (Å²) in [6, 6.07) is 15.7. The topological polar surface area (TPSA) is 66.6 Å². The molecule has 0 fully saturated rings. The number of hydrogen-bond acceptors (Lipinski definition) is 3. The minimum absolute atomic E-state index is 0.0138. The zero-order valence-corrected chi connectivity index (χ0v) is 15.2. The van der Waals surface area contributed by atoms with Gasteiger partial charge in [-0.05, 0) is 44.2 Å². The van der Waals surface area contributed by atoms with Crippen molar-refractivity contribution in [2.75, 3.05) is 5.43 Å². The molecule has 0 unspecified atom stereocenters. The van der Waals surface area contributed by atoms with E-state index in [1.165, 1.54) is 6.07 Å². The van der Waals surface area contributed by atoms with E-state index in [0.717, 1.165) is 17.0 Å². The van der Waals surface area contributed by atoms with Gasteiger partial charge in [0.15, 0.2) is 0 Å². The summed E-state index contributed by atoms with van der Waals surface area (Å²) in [4.78, 5) is 16.7. The summed E-state index contributed by atoms with van der Waals surface area (Å²) in [5.41, 5.74) is 6.43. The van der Waals surface area contributed by atoms with E-state index in [1.54, 1.807) is 35.2 Å². The Morgan fingerprint density at radius 1 is 1.15 bits per heavy atom. The van der Waals surface area contributed by atoms with Crippen LogP contribution in [0.1, 0.15) is 27.3 Å². The molecule has 26 heavy (non-hydrogen) atoms. The highest BCUT2D eigenvalue weighted by atomic mass is 35.5. The fourth-order valence-corrected chi connectivity index (χ4v) is 2.76. The maximum atomic E-state index is 12.4. The van der Waals surface area contributed by atoms with Crippen molar-refractivity contribution in [3.05, 3.63) is 82.1 Å². The van der Waals surface area contributed by atoms with Crippen LogP contribution >= 0.6 is 11.6 Å². The first-order chi connectivity index (χ1) is 12.5. The molecule has 2 aromatic carbocycles. The summed E-state index contributed by atoms with van der Waals surface area (Å²) in [5.74, 6) is -0.175. The minimum Gasteiger partial charge on any atom is -0.506 e. The van der Waals surface area contributed by atoms with Gasteiger partial charge in [-0.15, -0.1) is 0 Å². The average Bonchev–Trinajstić information content (AvgIpc) is 2.89. The molecule has 3 aromatic rings. The van der Waals surface area contributed by atoms with E-state index in [-0.39, 0.29) is 11.7 Å². The third-order valence-corrected chi connectivity index (χ3v) is 4.23. The van der Waals surface area contributed by atoms with E-state index in [4.69, 9.17) is 11.6 Å². The van der Waals surface area contributed by atoms with Crippen LogP contribution in [0.4, 0.5) is 5.69 Å². The van der Waals surface area contributed by atoms with Gasteiger partial charge in [-0.3, -0.25) is 19.9 Å². The summed E-state index contributed by atoms with van der Waals surface area (Å²) in [7, 11) is 0.